The Labute approximate surface area is 187 Å². The number of morpholine rings is 1. The van der Waals surface area contributed by atoms with Crippen molar-refractivity contribution in [3.8, 4) is 5.75 Å². The third kappa shape index (κ3) is 6.33. The molecule has 8 nitrogen and oxygen atoms in total. The molecule has 0 bridgehead atoms. The second kappa shape index (κ2) is 10.8. The van der Waals surface area contributed by atoms with Crippen molar-refractivity contribution in [1.29, 1.82) is 0 Å². The number of ether oxygens (including phenoxy) is 2. The van der Waals surface area contributed by atoms with Gasteiger partial charge in [-0.15, -0.1) is 0 Å². The van der Waals surface area contributed by atoms with Crippen LogP contribution >= 0.6 is 11.6 Å². The largest absolute Gasteiger partial charge is 0.473 e. The summed E-state index contributed by atoms with van der Waals surface area (Å²) < 4.78 is 37.7. The molecule has 1 aliphatic heterocycles. The van der Waals surface area contributed by atoms with Crippen LogP contribution in [0.2, 0.25) is 5.02 Å². The summed E-state index contributed by atoms with van der Waals surface area (Å²) in [7, 11) is -3.70. The SMILES string of the molecule is CCCc1ccc(OCNC(=O)Nc2cc(S(=O)(=O)N3CCOCC3)ccc2Cl)cc1. The Kier molecular flexibility index (Phi) is 8.14. The number of amides is 2. The van der Waals surface area contributed by atoms with Crippen LogP contribution in [0, 0.1) is 0 Å². The van der Waals surface area contributed by atoms with Gasteiger partial charge in [-0.25, -0.2) is 13.2 Å². The molecule has 2 amide bonds. The van der Waals surface area contributed by atoms with E-state index in [9.17, 15) is 13.2 Å². The number of benzene rings is 2. The van der Waals surface area contributed by atoms with E-state index in [0.29, 0.717) is 19.0 Å². The molecule has 3 rings (SSSR count). The van der Waals surface area contributed by atoms with Crippen molar-refractivity contribution in [1.82, 2.24) is 9.62 Å². The lowest BCUT2D eigenvalue weighted by molar-refractivity contribution is 0.0730. The van der Waals surface area contributed by atoms with Crippen LogP contribution in [-0.4, -0.2) is 51.8 Å². The number of hydrogen-bond acceptors (Lipinski definition) is 5. The van der Waals surface area contributed by atoms with Crippen LogP contribution in [0.1, 0.15) is 18.9 Å². The quantitative estimate of drug-likeness (QED) is 0.579. The van der Waals surface area contributed by atoms with E-state index in [0.717, 1.165) is 12.8 Å². The standard InChI is InChI=1S/C21H26ClN3O5S/c1-2-3-16-4-6-17(7-5-16)30-15-23-21(26)24-20-14-18(8-9-19(20)22)31(27,28)25-10-12-29-13-11-25/h4-9,14H,2-3,10-13,15H2,1H3,(H2,23,24,26). The van der Waals surface area contributed by atoms with Gasteiger partial charge in [-0.3, -0.25) is 0 Å². The summed E-state index contributed by atoms with van der Waals surface area (Å²) in [5.41, 5.74) is 1.42. The second-order valence-corrected chi connectivity index (χ2v) is 9.32. The van der Waals surface area contributed by atoms with Crippen molar-refractivity contribution in [3.63, 3.8) is 0 Å². The molecule has 1 fully saturated rings. The minimum Gasteiger partial charge on any atom is -0.473 e. The van der Waals surface area contributed by atoms with E-state index >= 15 is 0 Å². The Balaban J connectivity index is 1.57. The van der Waals surface area contributed by atoms with Crippen LogP contribution in [0.5, 0.6) is 5.75 Å². The maximum atomic E-state index is 12.8. The molecule has 31 heavy (non-hydrogen) atoms. The van der Waals surface area contributed by atoms with Crippen molar-refractivity contribution in [3.05, 3.63) is 53.1 Å². The number of rotatable bonds is 8. The van der Waals surface area contributed by atoms with Crippen molar-refractivity contribution in [2.45, 2.75) is 24.7 Å². The zero-order valence-electron chi connectivity index (χ0n) is 17.3. The molecule has 0 spiro atoms. The van der Waals surface area contributed by atoms with E-state index in [1.54, 1.807) is 0 Å². The van der Waals surface area contributed by atoms with Gasteiger partial charge in [-0.05, 0) is 42.3 Å². The van der Waals surface area contributed by atoms with E-state index < -0.39 is 16.1 Å². The predicted octanol–water partition coefficient (Wildman–Crippen LogP) is 3.47. The fourth-order valence-electron chi connectivity index (χ4n) is 3.09. The zero-order chi connectivity index (χ0) is 22.3. The first-order chi connectivity index (χ1) is 14.9. The zero-order valence-corrected chi connectivity index (χ0v) is 18.8. The summed E-state index contributed by atoms with van der Waals surface area (Å²) in [6.07, 6.45) is 2.07. The van der Waals surface area contributed by atoms with Gasteiger partial charge in [0.15, 0.2) is 6.73 Å². The summed E-state index contributed by atoms with van der Waals surface area (Å²) in [6, 6.07) is 11.3. The Bertz CT molecular complexity index is 993. The molecule has 2 aromatic carbocycles. The minimum absolute atomic E-state index is 0.0532. The van der Waals surface area contributed by atoms with Gasteiger partial charge < -0.3 is 20.1 Å². The summed E-state index contributed by atoms with van der Waals surface area (Å²) >= 11 is 6.14. The lowest BCUT2D eigenvalue weighted by atomic mass is 10.1. The van der Waals surface area contributed by atoms with E-state index in [-0.39, 0.29) is 35.4 Å². The number of sulfonamides is 1. The molecule has 1 heterocycles. The van der Waals surface area contributed by atoms with Crippen LogP contribution in [0.25, 0.3) is 0 Å². The molecule has 0 saturated carbocycles. The van der Waals surface area contributed by atoms with Crippen LogP contribution in [0.15, 0.2) is 47.4 Å². The van der Waals surface area contributed by atoms with E-state index in [1.807, 2.05) is 24.3 Å². The number of anilines is 1. The molecule has 0 aliphatic carbocycles. The van der Waals surface area contributed by atoms with Gasteiger partial charge in [-0.1, -0.05) is 37.1 Å². The molecule has 1 aliphatic rings. The summed E-state index contributed by atoms with van der Waals surface area (Å²) in [4.78, 5) is 12.3. The first kappa shape index (κ1) is 23.3. The highest BCUT2D eigenvalue weighted by molar-refractivity contribution is 7.89. The first-order valence-electron chi connectivity index (χ1n) is 10.0. The number of nitrogens with one attached hydrogen (secondary N) is 2. The lowest BCUT2D eigenvalue weighted by Crippen LogP contribution is -2.40. The Morgan fingerprint density at radius 3 is 2.55 bits per heavy atom. The Morgan fingerprint density at radius 2 is 1.87 bits per heavy atom. The van der Waals surface area contributed by atoms with E-state index in [1.165, 1.54) is 28.1 Å². The number of carbonyl (C=O) groups excluding carboxylic acids is 1. The average Bonchev–Trinajstić information content (AvgIpc) is 2.77. The van der Waals surface area contributed by atoms with Gasteiger partial charge in [0.25, 0.3) is 0 Å². The monoisotopic (exact) mass is 467 g/mol. The van der Waals surface area contributed by atoms with Crippen molar-refractivity contribution in [2.75, 3.05) is 38.4 Å². The number of carbonyl (C=O) groups is 1. The van der Waals surface area contributed by atoms with E-state index in [4.69, 9.17) is 21.1 Å². The molecule has 168 valence electrons. The highest BCUT2D eigenvalue weighted by atomic mass is 35.5. The van der Waals surface area contributed by atoms with Crippen molar-refractivity contribution in [2.24, 2.45) is 0 Å². The van der Waals surface area contributed by atoms with Crippen LogP contribution in [-0.2, 0) is 21.2 Å². The predicted molar refractivity (Wildman–Crippen MR) is 119 cm³/mol. The normalized spacial score (nSPS) is 14.8. The Hall–Kier alpha value is -2.33. The average molecular weight is 468 g/mol. The molecule has 0 radical (unpaired) electrons. The fraction of sp³-hybridized carbons (Fsp3) is 0.381. The molecule has 0 aromatic heterocycles. The molecule has 0 atom stereocenters. The maximum absolute atomic E-state index is 12.8. The maximum Gasteiger partial charge on any atom is 0.321 e. The van der Waals surface area contributed by atoms with Gasteiger partial charge in [0.2, 0.25) is 10.0 Å². The summed E-state index contributed by atoms with van der Waals surface area (Å²) in [5, 5.41) is 5.35. The third-order valence-corrected chi connectivity index (χ3v) is 6.95. The molecule has 10 heteroatoms. The second-order valence-electron chi connectivity index (χ2n) is 6.97. The highest BCUT2D eigenvalue weighted by Crippen LogP contribution is 2.27. The number of urea groups is 1. The number of halogens is 1. The molecule has 2 aromatic rings. The topological polar surface area (TPSA) is 97.0 Å². The summed E-state index contributed by atoms with van der Waals surface area (Å²) in [5.74, 6) is 0.636. The fourth-order valence-corrected chi connectivity index (χ4v) is 4.69. The Morgan fingerprint density at radius 1 is 1.16 bits per heavy atom. The van der Waals surface area contributed by atoms with Crippen molar-refractivity contribution >= 4 is 33.3 Å². The van der Waals surface area contributed by atoms with Crippen LogP contribution in [0.3, 0.4) is 0 Å². The van der Waals surface area contributed by atoms with Crippen molar-refractivity contribution < 1.29 is 22.7 Å². The van der Waals surface area contributed by atoms with E-state index in [2.05, 4.69) is 17.6 Å². The summed E-state index contributed by atoms with van der Waals surface area (Å²) in [6.45, 7) is 3.33. The van der Waals surface area contributed by atoms with Gasteiger partial charge in [0.1, 0.15) is 5.75 Å². The number of aryl methyl sites for hydroxylation is 1. The smallest absolute Gasteiger partial charge is 0.321 e. The molecular weight excluding hydrogens is 442 g/mol. The molecule has 1 saturated heterocycles. The number of hydrogen-bond donors (Lipinski definition) is 2. The van der Waals surface area contributed by atoms with Gasteiger partial charge in [0, 0.05) is 13.1 Å². The van der Waals surface area contributed by atoms with Gasteiger partial charge in [0.05, 0.1) is 28.8 Å². The van der Waals surface area contributed by atoms with Crippen LogP contribution in [0.4, 0.5) is 10.5 Å². The molecular formula is C21H26ClN3O5S. The highest BCUT2D eigenvalue weighted by Gasteiger charge is 2.27. The van der Waals surface area contributed by atoms with Gasteiger partial charge in [-0.2, -0.15) is 4.31 Å². The first-order valence-corrected chi connectivity index (χ1v) is 11.9. The third-order valence-electron chi connectivity index (χ3n) is 4.73. The molecule has 0 unspecified atom stereocenters. The van der Waals surface area contributed by atoms with Gasteiger partial charge >= 0.3 is 6.03 Å². The minimum atomic E-state index is -3.70. The molecule has 2 N–H and O–H groups in total. The number of nitrogens with zero attached hydrogens (tertiary/aromatic N) is 1. The van der Waals surface area contributed by atoms with Crippen LogP contribution < -0.4 is 15.4 Å². The lowest BCUT2D eigenvalue weighted by Gasteiger charge is -2.26.